The molecule has 5 nitrogen and oxygen atoms in total. The van der Waals surface area contributed by atoms with E-state index in [-0.39, 0.29) is 5.78 Å². The van der Waals surface area contributed by atoms with Crippen LogP contribution in [0, 0.1) is 0 Å². The molecule has 1 aromatic carbocycles. The van der Waals surface area contributed by atoms with E-state index in [1.165, 1.54) is 0 Å². The molecule has 2 heterocycles. The number of hydrogen-bond acceptors (Lipinski definition) is 5. The van der Waals surface area contributed by atoms with E-state index >= 15 is 0 Å². The van der Waals surface area contributed by atoms with E-state index in [0.717, 1.165) is 5.56 Å². The summed E-state index contributed by atoms with van der Waals surface area (Å²) in [6.45, 7) is 0.780. The Balaban J connectivity index is 1.77. The molecule has 1 saturated heterocycles. The van der Waals surface area contributed by atoms with Crippen molar-refractivity contribution >= 4 is 17.4 Å². The second-order valence-corrected chi connectivity index (χ2v) is 5.07. The number of ether oxygens (including phenoxy) is 1. The van der Waals surface area contributed by atoms with Gasteiger partial charge in [0, 0.05) is 17.9 Å². The third kappa shape index (κ3) is 2.73. The first-order chi connectivity index (χ1) is 9.74. The van der Waals surface area contributed by atoms with Gasteiger partial charge in [-0.1, -0.05) is 35.0 Å². The standard InChI is InChI=1S/C14H13ClN2O3/c15-11-4-2-1-3-9(11)7-13-16-14(20-17-13)10-8-19-6-5-12(10)18/h1-4,10H,5-8H2. The Hall–Kier alpha value is -1.72. The van der Waals surface area contributed by atoms with E-state index in [1.807, 2.05) is 24.3 Å². The summed E-state index contributed by atoms with van der Waals surface area (Å²) < 4.78 is 10.5. The second kappa shape index (κ2) is 5.73. The van der Waals surface area contributed by atoms with E-state index in [9.17, 15) is 4.79 Å². The number of rotatable bonds is 3. The lowest BCUT2D eigenvalue weighted by Gasteiger charge is -2.17. The molecule has 6 heteroatoms. The predicted octanol–water partition coefficient (Wildman–Crippen LogP) is 2.39. The van der Waals surface area contributed by atoms with Crippen molar-refractivity contribution < 1.29 is 14.1 Å². The van der Waals surface area contributed by atoms with E-state index in [2.05, 4.69) is 10.1 Å². The fraction of sp³-hybridized carbons (Fsp3) is 0.357. The molecular weight excluding hydrogens is 280 g/mol. The van der Waals surface area contributed by atoms with Crippen LogP contribution in [0.4, 0.5) is 0 Å². The lowest BCUT2D eigenvalue weighted by Crippen LogP contribution is -2.25. The van der Waals surface area contributed by atoms with Crippen molar-refractivity contribution in [3.63, 3.8) is 0 Å². The van der Waals surface area contributed by atoms with Gasteiger partial charge < -0.3 is 9.26 Å². The number of ketones is 1. The molecule has 0 amide bonds. The monoisotopic (exact) mass is 292 g/mol. The predicted molar refractivity (Wildman–Crippen MR) is 71.7 cm³/mol. The fourth-order valence-corrected chi connectivity index (χ4v) is 2.35. The van der Waals surface area contributed by atoms with E-state index < -0.39 is 5.92 Å². The van der Waals surface area contributed by atoms with Crippen LogP contribution >= 0.6 is 11.6 Å². The first-order valence-electron chi connectivity index (χ1n) is 6.40. The maximum atomic E-state index is 11.8. The molecule has 0 radical (unpaired) electrons. The topological polar surface area (TPSA) is 65.2 Å². The van der Waals surface area contributed by atoms with Crippen LogP contribution in [0.15, 0.2) is 28.8 Å². The van der Waals surface area contributed by atoms with Crippen molar-refractivity contribution in [2.45, 2.75) is 18.8 Å². The Morgan fingerprint density at radius 2 is 2.20 bits per heavy atom. The summed E-state index contributed by atoms with van der Waals surface area (Å²) in [5.74, 6) is 0.503. The van der Waals surface area contributed by atoms with Gasteiger partial charge in [-0.3, -0.25) is 4.79 Å². The Morgan fingerprint density at radius 1 is 1.35 bits per heavy atom. The van der Waals surface area contributed by atoms with Gasteiger partial charge >= 0.3 is 0 Å². The molecule has 1 aromatic heterocycles. The van der Waals surface area contributed by atoms with Crippen molar-refractivity contribution in [3.05, 3.63) is 46.6 Å². The lowest BCUT2D eigenvalue weighted by molar-refractivity contribution is -0.127. The normalized spacial score (nSPS) is 19.2. The van der Waals surface area contributed by atoms with Gasteiger partial charge in [-0.2, -0.15) is 4.98 Å². The van der Waals surface area contributed by atoms with Crippen molar-refractivity contribution in [3.8, 4) is 0 Å². The molecule has 104 valence electrons. The summed E-state index contributed by atoms with van der Waals surface area (Å²) in [4.78, 5) is 16.1. The summed E-state index contributed by atoms with van der Waals surface area (Å²) in [5.41, 5.74) is 0.924. The van der Waals surface area contributed by atoms with E-state index in [1.54, 1.807) is 0 Å². The van der Waals surface area contributed by atoms with Crippen LogP contribution in [-0.2, 0) is 16.0 Å². The van der Waals surface area contributed by atoms with Crippen LogP contribution in [0.3, 0.4) is 0 Å². The minimum atomic E-state index is -0.434. The third-order valence-electron chi connectivity index (χ3n) is 3.25. The molecule has 1 fully saturated rings. The SMILES string of the molecule is O=C1CCOCC1c1nc(Cc2ccccc2Cl)no1. The maximum absolute atomic E-state index is 11.8. The average Bonchev–Trinajstić information content (AvgIpc) is 2.90. The van der Waals surface area contributed by atoms with Gasteiger partial charge in [0.1, 0.15) is 11.7 Å². The fourth-order valence-electron chi connectivity index (χ4n) is 2.14. The molecule has 1 unspecified atom stereocenters. The van der Waals surface area contributed by atoms with Crippen LogP contribution in [0.1, 0.15) is 29.6 Å². The number of nitrogens with zero attached hydrogens (tertiary/aromatic N) is 2. The zero-order valence-corrected chi connectivity index (χ0v) is 11.5. The van der Waals surface area contributed by atoms with E-state index in [0.29, 0.717) is 42.8 Å². The Kier molecular flexibility index (Phi) is 3.80. The van der Waals surface area contributed by atoms with Gasteiger partial charge in [0.05, 0.1) is 13.2 Å². The molecule has 0 aliphatic carbocycles. The molecule has 0 bridgehead atoms. The summed E-state index contributed by atoms with van der Waals surface area (Å²) in [6.07, 6.45) is 0.873. The number of carbonyl (C=O) groups is 1. The van der Waals surface area contributed by atoms with Gasteiger partial charge in [-0.15, -0.1) is 0 Å². The quantitative estimate of drug-likeness (QED) is 0.869. The largest absolute Gasteiger partial charge is 0.380 e. The highest BCUT2D eigenvalue weighted by Crippen LogP contribution is 2.22. The van der Waals surface area contributed by atoms with Crippen LogP contribution in [0.25, 0.3) is 0 Å². The molecule has 0 spiro atoms. The minimum absolute atomic E-state index is 0.0872. The van der Waals surface area contributed by atoms with Gasteiger partial charge in [-0.25, -0.2) is 0 Å². The van der Waals surface area contributed by atoms with Crippen molar-refractivity contribution in [1.82, 2.24) is 10.1 Å². The van der Waals surface area contributed by atoms with Crippen LogP contribution in [0.2, 0.25) is 5.02 Å². The van der Waals surface area contributed by atoms with Crippen LogP contribution in [-0.4, -0.2) is 29.1 Å². The summed E-state index contributed by atoms with van der Waals surface area (Å²) in [6, 6.07) is 7.50. The van der Waals surface area contributed by atoms with Crippen molar-refractivity contribution in [2.24, 2.45) is 0 Å². The molecule has 3 rings (SSSR count). The Morgan fingerprint density at radius 3 is 3.00 bits per heavy atom. The zero-order chi connectivity index (χ0) is 13.9. The molecule has 1 aliphatic rings. The van der Waals surface area contributed by atoms with Gasteiger partial charge in [0.2, 0.25) is 5.89 Å². The van der Waals surface area contributed by atoms with Gasteiger partial charge in [0.25, 0.3) is 0 Å². The molecule has 2 aromatic rings. The first-order valence-corrected chi connectivity index (χ1v) is 6.78. The average molecular weight is 293 g/mol. The smallest absolute Gasteiger partial charge is 0.239 e. The van der Waals surface area contributed by atoms with Gasteiger partial charge in [0.15, 0.2) is 5.82 Å². The molecule has 0 N–H and O–H groups in total. The number of hydrogen-bond donors (Lipinski definition) is 0. The Labute approximate surface area is 120 Å². The first kappa shape index (κ1) is 13.3. The summed E-state index contributed by atoms with van der Waals surface area (Å²) in [5, 5.41) is 4.57. The van der Waals surface area contributed by atoms with E-state index in [4.69, 9.17) is 20.9 Å². The molecule has 0 saturated carbocycles. The van der Waals surface area contributed by atoms with Crippen molar-refractivity contribution in [2.75, 3.05) is 13.2 Å². The highest BCUT2D eigenvalue weighted by atomic mass is 35.5. The van der Waals surface area contributed by atoms with Gasteiger partial charge in [-0.05, 0) is 11.6 Å². The molecular formula is C14H13ClN2O3. The lowest BCUT2D eigenvalue weighted by atomic mass is 10.0. The number of benzene rings is 1. The highest BCUT2D eigenvalue weighted by Gasteiger charge is 2.29. The second-order valence-electron chi connectivity index (χ2n) is 4.66. The third-order valence-corrected chi connectivity index (χ3v) is 3.62. The number of carbonyl (C=O) groups excluding carboxylic acids is 1. The highest BCUT2D eigenvalue weighted by molar-refractivity contribution is 6.31. The molecule has 1 aliphatic heterocycles. The number of aromatic nitrogens is 2. The summed E-state index contributed by atoms with van der Waals surface area (Å²) >= 11 is 6.09. The van der Waals surface area contributed by atoms with Crippen LogP contribution in [0.5, 0.6) is 0 Å². The summed E-state index contributed by atoms with van der Waals surface area (Å²) in [7, 11) is 0. The van der Waals surface area contributed by atoms with Crippen molar-refractivity contribution in [1.29, 1.82) is 0 Å². The van der Waals surface area contributed by atoms with Crippen LogP contribution < -0.4 is 0 Å². The zero-order valence-electron chi connectivity index (χ0n) is 10.7. The number of halogens is 1. The number of Topliss-reactive ketones (excluding diaryl/α,β-unsaturated/α-hetero) is 1. The maximum Gasteiger partial charge on any atom is 0.239 e. The molecule has 20 heavy (non-hydrogen) atoms. The minimum Gasteiger partial charge on any atom is -0.380 e. The Bertz CT molecular complexity index is 626. The molecule has 1 atom stereocenters.